The van der Waals surface area contributed by atoms with Crippen LogP contribution in [0.2, 0.25) is 0 Å². The molecule has 1 unspecified atom stereocenters. The number of thiophene rings is 1. The van der Waals surface area contributed by atoms with Gasteiger partial charge in [0.25, 0.3) is 5.91 Å². The van der Waals surface area contributed by atoms with E-state index in [1.807, 2.05) is 0 Å². The van der Waals surface area contributed by atoms with E-state index >= 15 is 0 Å². The molecule has 1 fully saturated rings. The van der Waals surface area contributed by atoms with Crippen LogP contribution in [0.5, 0.6) is 0 Å². The molecule has 1 aromatic heterocycles. The predicted molar refractivity (Wildman–Crippen MR) is 102 cm³/mol. The fourth-order valence-corrected chi connectivity index (χ4v) is 3.33. The Balaban J connectivity index is 1.49. The van der Waals surface area contributed by atoms with Crippen molar-refractivity contribution in [2.45, 2.75) is 18.9 Å². The van der Waals surface area contributed by atoms with Crippen molar-refractivity contribution in [3.63, 3.8) is 0 Å². The number of hydrogen-bond donors (Lipinski definition) is 4. The zero-order chi connectivity index (χ0) is 19.2. The van der Waals surface area contributed by atoms with Crippen LogP contribution in [0.1, 0.15) is 32.2 Å². The van der Waals surface area contributed by atoms with E-state index in [1.54, 1.807) is 24.3 Å². The maximum atomic E-state index is 12.1. The number of nitrogens with one attached hydrogen (secondary N) is 3. The number of amides is 3. The standard InChI is InChI=1S/C18H19N3O5S/c22-16(14-7-8-15(27-14)17(23)24)20-11-3-5-12(6-4-11)21-18(25)19-10-13-2-1-9-26-13/h3-8,13H,1-2,9-10H2,(H,20,22)(H,23,24)(H2,19,21,25). The van der Waals surface area contributed by atoms with Gasteiger partial charge in [-0.2, -0.15) is 0 Å². The lowest BCUT2D eigenvalue weighted by molar-refractivity contribution is 0.0702. The van der Waals surface area contributed by atoms with Gasteiger partial charge in [0.15, 0.2) is 0 Å². The van der Waals surface area contributed by atoms with Crippen LogP contribution < -0.4 is 16.0 Å². The van der Waals surface area contributed by atoms with Gasteiger partial charge < -0.3 is 25.8 Å². The summed E-state index contributed by atoms with van der Waals surface area (Å²) >= 11 is 0.909. The fourth-order valence-electron chi connectivity index (χ4n) is 2.59. The number of carboxylic acid groups (broad SMARTS) is 1. The molecule has 4 N–H and O–H groups in total. The van der Waals surface area contributed by atoms with E-state index in [1.165, 1.54) is 12.1 Å². The molecule has 2 aromatic rings. The Morgan fingerprint density at radius 1 is 1.04 bits per heavy atom. The Morgan fingerprint density at radius 3 is 2.30 bits per heavy atom. The molecule has 0 radical (unpaired) electrons. The lowest BCUT2D eigenvalue weighted by Gasteiger charge is -2.12. The van der Waals surface area contributed by atoms with Crippen LogP contribution in [-0.4, -0.2) is 42.3 Å². The summed E-state index contributed by atoms with van der Waals surface area (Å²) in [5.41, 5.74) is 1.12. The highest BCUT2D eigenvalue weighted by atomic mass is 32.1. The van der Waals surface area contributed by atoms with Gasteiger partial charge in [0, 0.05) is 24.5 Å². The van der Waals surface area contributed by atoms with Crippen molar-refractivity contribution in [3.8, 4) is 0 Å². The van der Waals surface area contributed by atoms with Crippen LogP contribution in [-0.2, 0) is 4.74 Å². The maximum Gasteiger partial charge on any atom is 0.345 e. The number of rotatable bonds is 6. The van der Waals surface area contributed by atoms with Gasteiger partial charge in [-0.3, -0.25) is 4.79 Å². The van der Waals surface area contributed by atoms with Gasteiger partial charge in [-0.1, -0.05) is 0 Å². The molecule has 142 valence electrons. The molecule has 0 spiro atoms. The van der Waals surface area contributed by atoms with Crippen LogP contribution in [0.3, 0.4) is 0 Å². The highest BCUT2D eigenvalue weighted by molar-refractivity contribution is 7.15. The van der Waals surface area contributed by atoms with Crippen molar-refractivity contribution in [3.05, 3.63) is 46.2 Å². The molecule has 9 heteroatoms. The SMILES string of the molecule is O=C(NCC1CCCO1)Nc1ccc(NC(=O)c2ccc(C(=O)O)s2)cc1. The van der Waals surface area contributed by atoms with Crippen LogP contribution in [0.15, 0.2) is 36.4 Å². The summed E-state index contributed by atoms with van der Waals surface area (Å²) in [7, 11) is 0. The third-order valence-corrected chi connectivity index (χ3v) is 5.03. The summed E-state index contributed by atoms with van der Waals surface area (Å²) in [6.07, 6.45) is 2.05. The van der Waals surface area contributed by atoms with Crippen molar-refractivity contribution < 1.29 is 24.2 Å². The molecule has 1 aromatic carbocycles. The highest BCUT2D eigenvalue weighted by Gasteiger charge is 2.16. The third-order valence-electron chi connectivity index (χ3n) is 3.96. The first-order chi connectivity index (χ1) is 13.0. The van der Waals surface area contributed by atoms with E-state index in [-0.39, 0.29) is 22.9 Å². The molecule has 0 saturated carbocycles. The van der Waals surface area contributed by atoms with Crippen molar-refractivity contribution in [1.82, 2.24) is 5.32 Å². The van der Waals surface area contributed by atoms with E-state index in [0.29, 0.717) is 22.8 Å². The molecule has 2 heterocycles. The first-order valence-electron chi connectivity index (χ1n) is 8.42. The number of ether oxygens (including phenoxy) is 1. The molecule has 1 aliphatic rings. The van der Waals surface area contributed by atoms with E-state index in [2.05, 4.69) is 16.0 Å². The average molecular weight is 389 g/mol. The van der Waals surface area contributed by atoms with E-state index < -0.39 is 5.97 Å². The first-order valence-corrected chi connectivity index (χ1v) is 9.24. The summed E-state index contributed by atoms with van der Waals surface area (Å²) in [6, 6.07) is 9.18. The van der Waals surface area contributed by atoms with Crippen molar-refractivity contribution in [2.75, 3.05) is 23.8 Å². The molecule has 3 amide bonds. The first kappa shape index (κ1) is 18.9. The fraction of sp³-hybridized carbons (Fsp3) is 0.278. The molecule has 0 bridgehead atoms. The second kappa shape index (κ2) is 8.65. The molecule has 1 saturated heterocycles. The summed E-state index contributed by atoms with van der Waals surface area (Å²) in [6.45, 7) is 1.21. The Kier molecular flexibility index (Phi) is 6.05. The van der Waals surface area contributed by atoms with Gasteiger partial charge >= 0.3 is 12.0 Å². The lowest BCUT2D eigenvalue weighted by atomic mass is 10.2. The second-order valence-electron chi connectivity index (χ2n) is 5.97. The van der Waals surface area contributed by atoms with E-state index in [0.717, 1.165) is 30.8 Å². The van der Waals surface area contributed by atoms with Gasteiger partial charge in [-0.15, -0.1) is 11.3 Å². The zero-order valence-corrected chi connectivity index (χ0v) is 15.2. The Labute approximate surface area is 159 Å². The maximum absolute atomic E-state index is 12.1. The Bertz CT molecular complexity index is 828. The number of benzene rings is 1. The minimum absolute atomic E-state index is 0.0761. The normalized spacial score (nSPS) is 15.9. The van der Waals surface area contributed by atoms with Crippen LogP contribution in [0.4, 0.5) is 16.2 Å². The summed E-state index contributed by atoms with van der Waals surface area (Å²) in [5.74, 6) is -1.45. The van der Waals surface area contributed by atoms with Gasteiger partial charge in [0.05, 0.1) is 11.0 Å². The number of hydrogen-bond acceptors (Lipinski definition) is 5. The minimum Gasteiger partial charge on any atom is -0.477 e. The molecular weight excluding hydrogens is 370 g/mol. The molecule has 1 aliphatic heterocycles. The number of aromatic carboxylic acids is 1. The molecule has 0 aliphatic carbocycles. The number of carboxylic acids is 1. The van der Waals surface area contributed by atoms with Crippen molar-refractivity contribution in [2.24, 2.45) is 0 Å². The Hall–Kier alpha value is -2.91. The molecule has 3 rings (SSSR count). The zero-order valence-electron chi connectivity index (χ0n) is 14.4. The van der Waals surface area contributed by atoms with Crippen LogP contribution >= 0.6 is 11.3 Å². The van der Waals surface area contributed by atoms with E-state index in [4.69, 9.17) is 9.84 Å². The molecular formula is C18H19N3O5S. The number of carbonyl (C=O) groups excluding carboxylic acids is 2. The topological polar surface area (TPSA) is 117 Å². The molecule has 8 nitrogen and oxygen atoms in total. The smallest absolute Gasteiger partial charge is 0.345 e. The highest BCUT2D eigenvalue weighted by Crippen LogP contribution is 2.19. The van der Waals surface area contributed by atoms with Crippen molar-refractivity contribution in [1.29, 1.82) is 0 Å². The van der Waals surface area contributed by atoms with Gasteiger partial charge in [-0.25, -0.2) is 9.59 Å². The van der Waals surface area contributed by atoms with Gasteiger partial charge in [0.1, 0.15) is 4.88 Å². The van der Waals surface area contributed by atoms with E-state index in [9.17, 15) is 14.4 Å². The number of carbonyl (C=O) groups is 3. The minimum atomic E-state index is -1.06. The monoisotopic (exact) mass is 389 g/mol. The summed E-state index contributed by atoms with van der Waals surface area (Å²) in [4.78, 5) is 35.3. The quantitative estimate of drug-likeness (QED) is 0.606. The second-order valence-corrected chi connectivity index (χ2v) is 7.05. The largest absolute Gasteiger partial charge is 0.477 e. The van der Waals surface area contributed by atoms with Gasteiger partial charge in [0.2, 0.25) is 0 Å². The molecule has 27 heavy (non-hydrogen) atoms. The third kappa shape index (κ3) is 5.28. The number of anilines is 2. The summed E-state index contributed by atoms with van der Waals surface area (Å²) < 4.78 is 5.44. The van der Waals surface area contributed by atoms with Gasteiger partial charge in [-0.05, 0) is 49.2 Å². The van der Waals surface area contributed by atoms with Crippen LogP contribution in [0.25, 0.3) is 0 Å². The van der Waals surface area contributed by atoms with Crippen LogP contribution in [0, 0.1) is 0 Å². The number of urea groups is 1. The average Bonchev–Trinajstić information content (AvgIpc) is 3.33. The predicted octanol–water partition coefficient (Wildman–Crippen LogP) is 3.00. The Morgan fingerprint density at radius 2 is 1.70 bits per heavy atom. The summed E-state index contributed by atoms with van der Waals surface area (Å²) in [5, 5.41) is 17.1. The van der Waals surface area contributed by atoms with Crippen molar-refractivity contribution >= 4 is 40.6 Å². The lowest BCUT2D eigenvalue weighted by Crippen LogP contribution is -2.35. The molecule has 1 atom stereocenters.